The summed E-state index contributed by atoms with van der Waals surface area (Å²) in [4.78, 5) is 50.2. The SMILES string of the molecule is COC(=O)COc1ccc(Br)cc1/C=C1/SC(=O)N(CC(=O)Nc2ccc(C)cc2C)C1=O. The lowest BCUT2D eigenvalue weighted by atomic mass is 10.1. The number of aryl methyl sites for hydroxylation is 2. The molecule has 1 heterocycles. The fourth-order valence-corrected chi connectivity index (χ4v) is 4.23. The van der Waals surface area contributed by atoms with E-state index in [0.717, 1.165) is 27.8 Å². The van der Waals surface area contributed by atoms with Crippen LogP contribution < -0.4 is 10.1 Å². The number of thioether (sulfide) groups is 1. The largest absolute Gasteiger partial charge is 0.481 e. The summed E-state index contributed by atoms with van der Waals surface area (Å²) in [6.45, 7) is 3.10. The lowest BCUT2D eigenvalue weighted by molar-refractivity contribution is -0.142. The number of anilines is 1. The molecule has 10 heteroatoms. The summed E-state index contributed by atoms with van der Waals surface area (Å²) in [7, 11) is 1.25. The van der Waals surface area contributed by atoms with Crippen LogP contribution in [0.1, 0.15) is 16.7 Å². The Morgan fingerprint density at radius 3 is 2.61 bits per heavy atom. The Labute approximate surface area is 203 Å². The van der Waals surface area contributed by atoms with E-state index in [1.54, 1.807) is 24.3 Å². The van der Waals surface area contributed by atoms with Gasteiger partial charge in [-0.1, -0.05) is 33.6 Å². The molecule has 0 aliphatic carbocycles. The van der Waals surface area contributed by atoms with Crippen molar-refractivity contribution in [2.75, 3.05) is 25.6 Å². The third-order valence-corrected chi connectivity index (χ3v) is 6.06. The summed E-state index contributed by atoms with van der Waals surface area (Å²) >= 11 is 4.08. The smallest absolute Gasteiger partial charge is 0.343 e. The Morgan fingerprint density at radius 1 is 1.15 bits per heavy atom. The monoisotopic (exact) mass is 532 g/mol. The summed E-state index contributed by atoms with van der Waals surface area (Å²) in [5.74, 6) is -1.28. The number of rotatable bonds is 7. The molecule has 1 fully saturated rings. The van der Waals surface area contributed by atoms with Gasteiger partial charge < -0.3 is 14.8 Å². The number of esters is 1. The van der Waals surface area contributed by atoms with E-state index in [4.69, 9.17) is 4.74 Å². The van der Waals surface area contributed by atoms with Crippen molar-refractivity contribution in [3.63, 3.8) is 0 Å². The normalized spacial score (nSPS) is 14.5. The molecule has 8 nitrogen and oxygen atoms in total. The summed E-state index contributed by atoms with van der Waals surface area (Å²) in [6, 6.07) is 10.6. The Kier molecular flexibility index (Phi) is 7.93. The predicted molar refractivity (Wildman–Crippen MR) is 129 cm³/mol. The molecule has 0 saturated carbocycles. The van der Waals surface area contributed by atoms with Gasteiger partial charge in [-0.05, 0) is 61.5 Å². The molecule has 0 radical (unpaired) electrons. The van der Waals surface area contributed by atoms with Crippen molar-refractivity contribution in [1.29, 1.82) is 0 Å². The summed E-state index contributed by atoms with van der Waals surface area (Å²) in [5.41, 5.74) is 3.05. The number of carbonyl (C=O) groups is 4. The molecule has 172 valence electrons. The van der Waals surface area contributed by atoms with E-state index in [0.29, 0.717) is 21.5 Å². The van der Waals surface area contributed by atoms with E-state index >= 15 is 0 Å². The van der Waals surface area contributed by atoms with Gasteiger partial charge in [0.2, 0.25) is 5.91 Å². The minimum Gasteiger partial charge on any atom is -0.481 e. The topological polar surface area (TPSA) is 102 Å². The number of nitrogens with zero attached hydrogens (tertiary/aromatic N) is 1. The van der Waals surface area contributed by atoms with E-state index in [9.17, 15) is 19.2 Å². The number of hydrogen-bond donors (Lipinski definition) is 1. The molecule has 1 aliphatic heterocycles. The van der Waals surface area contributed by atoms with Gasteiger partial charge >= 0.3 is 5.97 Å². The number of benzene rings is 2. The predicted octanol–water partition coefficient (Wildman–Crippen LogP) is 4.29. The van der Waals surface area contributed by atoms with Crippen molar-refractivity contribution in [1.82, 2.24) is 4.90 Å². The molecule has 1 aliphatic rings. The van der Waals surface area contributed by atoms with Crippen LogP contribution >= 0.6 is 27.7 Å². The van der Waals surface area contributed by atoms with Gasteiger partial charge in [-0.25, -0.2) is 4.79 Å². The van der Waals surface area contributed by atoms with E-state index < -0.39 is 29.6 Å². The highest BCUT2D eigenvalue weighted by molar-refractivity contribution is 9.10. The molecule has 1 saturated heterocycles. The van der Waals surface area contributed by atoms with Crippen LogP contribution in [0, 0.1) is 13.8 Å². The molecule has 0 atom stereocenters. The van der Waals surface area contributed by atoms with Crippen LogP contribution in [0.3, 0.4) is 0 Å². The maximum absolute atomic E-state index is 12.8. The lowest BCUT2D eigenvalue weighted by Gasteiger charge is -2.14. The number of methoxy groups -OCH3 is 1. The van der Waals surface area contributed by atoms with Crippen LogP contribution in [-0.2, 0) is 19.1 Å². The van der Waals surface area contributed by atoms with Gasteiger partial charge in [0.1, 0.15) is 12.3 Å². The van der Waals surface area contributed by atoms with E-state index in [-0.39, 0.29) is 11.5 Å². The van der Waals surface area contributed by atoms with Gasteiger partial charge in [0.15, 0.2) is 6.61 Å². The van der Waals surface area contributed by atoms with Crippen LogP contribution in [0.5, 0.6) is 5.75 Å². The first-order valence-corrected chi connectivity index (χ1v) is 11.4. The number of amides is 3. The average Bonchev–Trinajstić information content (AvgIpc) is 3.02. The molecule has 0 aromatic heterocycles. The highest BCUT2D eigenvalue weighted by Gasteiger charge is 2.36. The molecule has 0 bridgehead atoms. The van der Waals surface area contributed by atoms with Crippen molar-refractivity contribution in [2.45, 2.75) is 13.8 Å². The van der Waals surface area contributed by atoms with Crippen LogP contribution in [-0.4, -0.2) is 48.2 Å². The Hall–Kier alpha value is -3.11. The van der Waals surface area contributed by atoms with Gasteiger partial charge in [-0.3, -0.25) is 19.3 Å². The van der Waals surface area contributed by atoms with E-state index in [2.05, 4.69) is 26.0 Å². The fourth-order valence-electron chi connectivity index (χ4n) is 3.02. The van der Waals surface area contributed by atoms with Gasteiger partial charge in [0.05, 0.1) is 12.0 Å². The average molecular weight is 533 g/mol. The summed E-state index contributed by atoms with van der Waals surface area (Å²) in [5, 5.41) is 2.19. The van der Waals surface area contributed by atoms with Crippen LogP contribution in [0.15, 0.2) is 45.8 Å². The third-order valence-electron chi connectivity index (χ3n) is 4.66. The van der Waals surface area contributed by atoms with Crippen molar-refractivity contribution < 1.29 is 28.7 Å². The first kappa shape index (κ1) is 24.5. The molecule has 3 amide bonds. The zero-order valence-electron chi connectivity index (χ0n) is 18.1. The van der Waals surface area contributed by atoms with Crippen molar-refractivity contribution in [3.8, 4) is 5.75 Å². The number of ether oxygens (including phenoxy) is 2. The molecule has 2 aromatic rings. The highest BCUT2D eigenvalue weighted by Crippen LogP contribution is 2.35. The Bertz CT molecular complexity index is 1160. The van der Waals surface area contributed by atoms with Gasteiger partial charge in [-0.2, -0.15) is 0 Å². The second-order valence-electron chi connectivity index (χ2n) is 7.18. The number of nitrogens with one attached hydrogen (secondary N) is 1. The minimum atomic E-state index is -0.584. The number of imide groups is 1. The highest BCUT2D eigenvalue weighted by atomic mass is 79.9. The molecular formula is C23H21BrN2O6S. The second-order valence-corrected chi connectivity index (χ2v) is 9.09. The van der Waals surface area contributed by atoms with Crippen LogP contribution in [0.2, 0.25) is 0 Å². The first-order chi connectivity index (χ1) is 15.7. The number of halogens is 1. The molecule has 33 heavy (non-hydrogen) atoms. The third kappa shape index (κ3) is 6.23. The molecule has 0 spiro atoms. The standard InChI is InChI=1S/C23H21BrN2O6S/c1-13-4-6-17(14(2)8-13)25-20(27)11-26-22(29)19(33-23(26)30)10-15-9-16(24)5-7-18(15)32-12-21(28)31-3/h4-10H,11-12H2,1-3H3,(H,25,27)/b19-10+. The zero-order valence-corrected chi connectivity index (χ0v) is 20.5. The summed E-state index contributed by atoms with van der Waals surface area (Å²) < 4.78 is 10.8. The quantitative estimate of drug-likeness (QED) is 0.419. The number of hydrogen-bond acceptors (Lipinski definition) is 7. The van der Waals surface area contributed by atoms with Gasteiger partial charge in [0.25, 0.3) is 11.1 Å². The van der Waals surface area contributed by atoms with Crippen LogP contribution in [0.25, 0.3) is 6.08 Å². The first-order valence-electron chi connectivity index (χ1n) is 9.79. The number of carbonyl (C=O) groups excluding carboxylic acids is 4. The van der Waals surface area contributed by atoms with Gasteiger partial charge in [0, 0.05) is 15.7 Å². The molecule has 2 aromatic carbocycles. The lowest BCUT2D eigenvalue weighted by Crippen LogP contribution is -2.36. The summed E-state index contributed by atoms with van der Waals surface area (Å²) in [6.07, 6.45) is 1.49. The maximum Gasteiger partial charge on any atom is 0.343 e. The second kappa shape index (κ2) is 10.7. The van der Waals surface area contributed by atoms with E-state index in [1.165, 1.54) is 13.2 Å². The molecule has 1 N–H and O–H groups in total. The van der Waals surface area contributed by atoms with Crippen molar-refractivity contribution >= 4 is 62.5 Å². The van der Waals surface area contributed by atoms with Gasteiger partial charge in [-0.15, -0.1) is 0 Å². The Morgan fingerprint density at radius 2 is 1.91 bits per heavy atom. The zero-order chi connectivity index (χ0) is 24.1. The molecule has 0 unspecified atom stereocenters. The van der Waals surface area contributed by atoms with Crippen LogP contribution in [0.4, 0.5) is 10.5 Å². The minimum absolute atomic E-state index is 0.139. The fraction of sp³-hybridized carbons (Fsp3) is 0.217. The van der Waals surface area contributed by atoms with Crippen molar-refractivity contribution in [3.05, 3.63) is 62.5 Å². The van der Waals surface area contributed by atoms with Crippen molar-refractivity contribution in [2.24, 2.45) is 0 Å². The molecular weight excluding hydrogens is 512 g/mol. The Balaban J connectivity index is 1.75. The maximum atomic E-state index is 12.8. The van der Waals surface area contributed by atoms with E-state index in [1.807, 2.05) is 26.0 Å². The molecule has 3 rings (SSSR count).